The van der Waals surface area contributed by atoms with Crippen LogP contribution < -0.4 is 10.6 Å². The van der Waals surface area contributed by atoms with Crippen molar-refractivity contribution in [3.05, 3.63) is 35.4 Å². The van der Waals surface area contributed by atoms with Gasteiger partial charge in [-0.25, -0.2) is 0 Å². The third-order valence-electron chi connectivity index (χ3n) is 5.75. The summed E-state index contributed by atoms with van der Waals surface area (Å²) < 4.78 is 0. The van der Waals surface area contributed by atoms with Crippen LogP contribution in [0.1, 0.15) is 56.0 Å². The maximum Gasteiger partial charge on any atom is 0.253 e. The quantitative estimate of drug-likeness (QED) is 0.813. The average Bonchev–Trinajstić information content (AvgIpc) is 3.11. The SMILES string of the molecule is CCc1ccc(C(=O)N2CCC3(CC2)N[C@@H](C(=O)N[C@@H](C)CC)CS3)cc1. The predicted octanol–water partition coefficient (Wildman–Crippen LogP) is 2.80. The second-order valence-electron chi connectivity index (χ2n) is 7.66. The fourth-order valence-corrected chi connectivity index (χ4v) is 5.07. The first-order chi connectivity index (χ1) is 13.0. The van der Waals surface area contributed by atoms with Gasteiger partial charge >= 0.3 is 0 Å². The maximum atomic E-state index is 12.8. The van der Waals surface area contributed by atoms with E-state index in [0.717, 1.165) is 50.1 Å². The molecule has 0 radical (unpaired) electrons. The van der Waals surface area contributed by atoms with E-state index in [-0.39, 0.29) is 28.8 Å². The number of nitrogens with zero attached hydrogens (tertiary/aromatic N) is 1. The van der Waals surface area contributed by atoms with Crippen molar-refractivity contribution < 1.29 is 9.59 Å². The molecule has 2 N–H and O–H groups in total. The number of benzene rings is 1. The Kier molecular flexibility index (Phi) is 6.48. The lowest BCUT2D eigenvalue weighted by Gasteiger charge is -2.39. The Morgan fingerprint density at radius 2 is 1.93 bits per heavy atom. The lowest BCUT2D eigenvalue weighted by molar-refractivity contribution is -0.123. The number of likely N-dealkylation sites (tertiary alicyclic amines) is 1. The van der Waals surface area contributed by atoms with E-state index < -0.39 is 0 Å². The lowest BCUT2D eigenvalue weighted by Crippen LogP contribution is -2.55. The van der Waals surface area contributed by atoms with Gasteiger partial charge in [-0.05, 0) is 50.3 Å². The van der Waals surface area contributed by atoms with Crippen LogP contribution in [0, 0.1) is 0 Å². The summed E-state index contributed by atoms with van der Waals surface area (Å²) >= 11 is 1.84. The molecule has 5 nitrogen and oxygen atoms in total. The standard InChI is InChI=1S/C21H31N3O2S/c1-4-15(3)22-19(25)18-14-27-21(23-18)10-12-24(13-11-21)20(26)17-8-6-16(5-2)7-9-17/h6-9,15,18,23H,4-5,10-14H2,1-3H3,(H,22,25)/t15-,18+/m0/s1. The molecule has 6 heteroatoms. The first-order valence-corrected chi connectivity index (χ1v) is 11.0. The molecule has 0 aliphatic carbocycles. The van der Waals surface area contributed by atoms with Crippen molar-refractivity contribution in [2.24, 2.45) is 0 Å². The van der Waals surface area contributed by atoms with Gasteiger partial charge in [-0.2, -0.15) is 0 Å². The van der Waals surface area contributed by atoms with E-state index in [2.05, 4.69) is 24.5 Å². The summed E-state index contributed by atoms with van der Waals surface area (Å²) in [6.07, 6.45) is 3.68. The van der Waals surface area contributed by atoms with Crippen LogP contribution in [-0.4, -0.2) is 52.5 Å². The fraction of sp³-hybridized carbons (Fsp3) is 0.619. The van der Waals surface area contributed by atoms with Crippen molar-refractivity contribution in [3.63, 3.8) is 0 Å². The normalized spacial score (nSPS) is 22.6. The predicted molar refractivity (Wildman–Crippen MR) is 111 cm³/mol. The Hall–Kier alpha value is -1.53. The Balaban J connectivity index is 1.54. The highest BCUT2D eigenvalue weighted by Gasteiger charge is 2.44. The van der Waals surface area contributed by atoms with Crippen molar-refractivity contribution in [2.75, 3.05) is 18.8 Å². The minimum atomic E-state index is -0.132. The number of hydrogen-bond donors (Lipinski definition) is 2. The summed E-state index contributed by atoms with van der Waals surface area (Å²) in [5.74, 6) is 1.01. The Morgan fingerprint density at radius 3 is 2.52 bits per heavy atom. The van der Waals surface area contributed by atoms with Crippen LogP contribution in [0.3, 0.4) is 0 Å². The van der Waals surface area contributed by atoms with Gasteiger partial charge in [-0.15, -0.1) is 11.8 Å². The van der Waals surface area contributed by atoms with Crippen molar-refractivity contribution in [1.82, 2.24) is 15.5 Å². The zero-order valence-corrected chi connectivity index (χ0v) is 17.4. The summed E-state index contributed by atoms with van der Waals surface area (Å²) in [6, 6.07) is 8.01. The van der Waals surface area contributed by atoms with E-state index in [1.165, 1.54) is 5.56 Å². The average molecular weight is 390 g/mol. The van der Waals surface area contributed by atoms with E-state index in [1.807, 2.05) is 47.9 Å². The molecule has 1 spiro atoms. The number of carbonyl (C=O) groups is 2. The first kappa shape index (κ1) is 20.2. The fourth-order valence-electron chi connectivity index (χ4n) is 3.66. The number of thioether (sulfide) groups is 1. The van der Waals surface area contributed by atoms with Gasteiger partial charge in [0.1, 0.15) is 0 Å². The van der Waals surface area contributed by atoms with Crippen LogP contribution in [-0.2, 0) is 11.2 Å². The summed E-state index contributed by atoms with van der Waals surface area (Å²) in [7, 11) is 0. The van der Waals surface area contributed by atoms with Crippen LogP contribution in [0.25, 0.3) is 0 Å². The van der Waals surface area contributed by atoms with Crippen molar-refractivity contribution in [1.29, 1.82) is 0 Å². The largest absolute Gasteiger partial charge is 0.352 e. The maximum absolute atomic E-state index is 12.8. The highest BCUT2D eigenvalue weighted by atomic mass is 32.2. The topological polar surface area (TPSA) is 61.4 Å². The Labute approximate surface area is 166 Å². The van der Waals surface area contributed by atoms with E-state index >= 15 is 0 Å². The van der Waals surface area contributed by atoms with Gasteiger partial charge in [0.15, 0.2) is 0 Å². The second kappa shape index (κ2) is 8.65. The van der Waals surface area contributed by atoms with Crippen LogP contribution in [0.4, 0.5) is 0 Å². The van der Waals surface area contributed by atoms with E-state index in [0.29, 0.717) is 0 Å². The number of amides is 2. The van der Waals surface area contributed by atoms with Crippen molar-refractivity contribution in [3.8, 4) is 0 Å². The number of rotatable bonds is 5. The number of nitrogens with one attached hydrogen (secondary N) is 2. The molecule has 2 aliphatic heterocycles. The summed E-state index contributed by atoms with van der Waals surface area (Å²) in [6.45, 7) is 7.68. The number of carbonyl (C=O) groups excluding carboxylic acids is 2. The van der Waals surface area contributed by atoms with Gasteiger partial charge < -0.3 is 10.2 Å². The molecule has 2 aliphatic rings. The second-order valence-corrected chi connectivity index (χ2v) is 9.07. The van der Waals surface area contributed by atoms with Crippen molar-refractivity contribution in [2.45, 2.75) is 63.4 Å². The molecule has 27 heavy (non-hydrogen) atoms. The summed E-state index contributed by atoms with van der Waals surface area (Å²) in [5.41, 5.74) is 2.01. The van der Waals surface area contributed by atoms with Gasteiger partial charge in [-0.3, -0.25) is 14.9 Å². The molecule has 0 bridgehead atoms. The molecule has 148 valence electrons. The summed E-state index contributed by atoms with van der Waals surface area (Å²) in [5, 5.41) is 6.63. The Bertz CT molecular complexity index is 669. The molecule has 0 unspecified atom stereocenters. The van der Waals surface area contributed by atoms with Crippen LogP contribution in [0.5, 0.6) is 0 Å². The molecule has 2 saturated heterocycles. The van der Waals surface area contributed by atoms with E-state index in [1.54, 1.807) is 0 Å². The third kappa shape index (κ3) is 4.66. The monoisotopic (exact) mass is 389 g/mol. The van der Waals surface area contributed by atoms with E-state index in [9.17, 15) is 9.59 Å². The zero-order valence-electron chi connectivity index (χ0n) is 16.6. The first-order valence-electron chi connectivity index (χ1n) is 10.1. The van der Waals surface area contributed by atoms with Gasteiger partial charge in [-0.1, -0.05) is 26.0 Å². The molecule has 0 saturated carbocycles. The zero-order chi connectivity index (χ0) is 19.4. The smallest absolute Gasteiger partial charge is 0.253 e. The van der Waals surface area contributed by atoms with Gasteiger partial charge in [0.05, 0.1) is 10.9 Å². The Morgan fingerprint density at radius 1 is 1.26 bits per heavy atom. The van der Waals surface area contributed by atoms with Crippen molar-refractivity contribution >= 4 is 23.6 Å². The van der Waals surface area contributed by atoms with Gasteiger partial charge in [0.25, 0.3) is 5.91 Å². The molecule has 2 atom stereocenters. The minimum absolute atomic E-state index is 0.0691. The van der Waals surface area contributed by atoms with Crippen LogP contribution in [0.15, 0.2) is 24.3 Å². The molecule has 2 amide bonds. The molecular weight excluding hydrogens is 358 g/mol. The molecular formula is C21H31N3O2S. The highest BCUT2D eigenvalue weighted by molar-refractivity contribution is 8.01. The number of piperidine rings is 1. The van der Waals surface area contributed by atoms with Gasteiger partial charge in [0, 0.05) is 30.4 Å². The van der Waals surface area contributed by atoms with Gasteiger partial charge in [0.2, 0.25) is 5.91 Å². The summed E-state index contributed by atoms with van der Waals surface area (Å²) in [4.78, 5) is 27.0. The number of hydrogen-bond acceptors (Lipinski definition) is 4. The van der Waals surface area contributed by atoms with E-state index in [4.69, 9.17) is 0 Å². The lowest BCUT2D eigenvalue weighted by atomic mass is 10.0. The van der Waals surface area contributed by atoms with Crippen LogP contribution >= 0.6 is 11.8 Å². The molecule has 1 aromatic carbocycles. The highest BCUT2D eigenvalue weighted by Crippen LogP contribution is 2.39. The third-order valence-corrected chi connectivity index (χ3v) is 7.33. The molecule has 3 rings (SSSR count). The number of aryl methyl sites for hydroxylation is 1. The molecule has 1 aromatic rings. The molecule has 2 fully saturated rings. The minimum Gasteiger partial charge on any atom is -0.352 e. The molecule has 0 aromatic heterocycles. The molecule has 2 heterocycles. The van der Waals surface area contributed by atoms with Crippen LogP contribution in [0.2, 0.25) is 0 Å².